The Bertz CT molecular complexity index is 956. The third-order valence-electron chi connectivity index (χ3n) is 3.83. The van der Waals surface area contributed by atoms with Gasteiger partial charge in [0.05, 0.1) is 11.9 Å². The van der Waals surface area contributed by atoms with E-state index in [1.54, 1.807) is 18.3 Å². The molecule has 0 saturated carbocycles. The van der Waals surface area contributed by atoms with Crippen LogP contribution in [-0.2, 0) is 0 Å². The van der Waals surface area contributed by atoms with Gasteiger partial charge in [0.2, 0.25) is 0 Å². The summed E-state index contributed by atoms with van der Waals surface area (Å²) in [6.07, 6.45) is 1.54. The molecule has 0 aliphatic carbocycles. The average Bonchev–Trinajstić information content (AvgIpc) is 2.61. The number of amides is 1. The highest BCUT2D eigenvalue weighted by atomic mass is 19.2. The molecule has 0 atom stereocenters. The molecule has 0 aliphatic heterocycles. The quantitative estimate of drug-likeness (QED) is 0.696. The van der Waals surface area contributed by atoms with Crippen molar-refractivity contribution in [1.29, 1.82) is 0 Å². The Balaban J connectivity index is 1.70. The molecule has 0 unspecified atom stereocenters. The molecule has 1 amide bonds. The molecule has 0 saturated heterocycles. The van der Waals surface area contributed by atoms with Crippen molar-refractivity contribution >= 4 is 23.0 Å². The number of hydrogen-bond donors (Lipinski definition) is 2. The van der Waals surface area contributed by atoms with Gasteiger partial charge in [-0.2, -0.15) is 0 Å². The highest BCUT2D eigenvalue weighted by molar-refractivity contribution is 6.02. The summed E-state index contributed by atoms with van der Waals surface area (Å²) in [5.41, 5.74) is 4.30. The Labute approximate surface area is 149 Å². The number of carbonyl (C=O) groups excluding carboxylic acids is 1. The SMILES string of the molecule is Cc1ccc(Nc2ccc(C(=O)Nc3ccc(F)c(F)c3)nc2)c(C)c1. The molecule has 132 valence electrons. The minimum Gasteiger partial charge on any atom is -0.354 e. The number of nitrogens with one attached hydrogen (secondary N) is 2. The molecule has 26 heavy (non-hydrogen) atoms. The van der Waals surface area contributed by atoms with Crippen LogP contribution in [0.1, 0.15) is 21.6 Å². The number of aryl methyl sites for hydroxylation is 2. The molecule has 0 fully saturated rings. The molecule has 0 bridgehead atoms. The van der Waals surface area contributed by atoms with E-state index in [1.165, 1.54) is 11.6 Å². The van der Waals surface area contributed by atoms with Crippen LogP contribution in [0.3, 0.4) is 0 Å². The molecule has 0 aliphatic rings. The van der Waals surface area contributed by atoms with Crippen molar-refractivity contribution in [3.05, 3.63) is 83.2 Å². The van der Waals surface area contributed by atoms with Gasteiger partial charge in [0.15, 0.2) is 11.6 Å². The van der Waals surface area contributed by atoms with E-state index in [1.807, 2.05) is 26.0 Å². The van der Waals surface area contributed by atoms with Crippen molar-refractivity contribution in [2.75, 3.05) is 10.6 Å². The first-order valence-electron chi connectivity index (χ1n) is 7.99. The Hall–Kier alpha value is -3.28. The molecule has 4 nitrogen and oxygen atoms in total. The number of benzene rings is 2. The van der Waals surface area contributed by atoms with Gasteiger partial charge in [-0.25, -0.2) is 13.8 Å². The molecular formula is C20H17F2N3O. The van der Waals surface area contributed by atoms with E-state index in [2.05, 4.69) is 21.7 Å². The van der Waals surface area contributed by atoms with Crippen LogP contribution in [0.15, 0.2) is 54.7 Å². The number of hydrogen-bond acceptors (Lipinski definition) is 3. The van der Waals surface area contributed by atoms with Gasteiger partial charge in [-0.15, -0.1) is 0 Å². The van der Waals surface area contributed by atoms with E-state index in [-0.39, 0.29) is 11.4 Å². The van der Waals surface area contributed by atoms with Crippen LogP contribution < -0.4 is 10.6 Å². The zero-order valence-electron chi connectivity index (χ0n) is 14.3. The first kappa shape index (κ1) is 17.5. The summed E-state index contributed by atoms with van der Waals surface area (Å²) in [5.74, 6) is -2.50. The van der Waals surface area contributed by atoms with Gasteiger partial charge >= 0.3 is 0 Å². The molecule has 2 N–H and O–H groups in total. The van der Waals surface area contributed by atoms with Crippen LogP contribution in [-0.4, -0.2) is 10.9 Å². The Morgan fingerprint density at radius 2 is 1.69 bits per heavy atom. The number of rotatable bonds is 4. The van der Waals surface area contributed by atoms with Crippen LogP contribution >= 0.6 is 0 Å². The lowest BCUT2D eigenvalue weighted by atomic mass is 10.1. The first-order valence-corrected chi connectivity index (χ1v) is 7.99. The maximum Gasteiger partial charge on any atom is 0.274 e. The molecule has 1 heterocycles. The van der Waals surface area contributed by atoms with Gasteiger partial charge in [0, 0.05) is 17.4 Å². The highest BCUT2D eigenvalue weighted by Crippen LogP contribution is 2.21. The third-order valence-corrected chi connectivity index (χ3v) is 3.83. The van der Waals surface area contributed by atoms with E-state index in [4.69, 9.17) is 0 Å². The molecule has 6 heteroatoms. The Morgan fingerprint density at radius 1 is 0.923 bits per heavy atom. The second-order valence-electron chi connectivity index (χ2n) is 5.96. The first-order chi connectivity index (χ1) is 12.4. The molecule has 0 radical (unpaired) electrons. The summed E-state index contributed by atoms with van der Waals surface area (Å²) in [6, 6.07) is 12.5. The summed E-state index contributed by atoms with van der Waals surface area (Å²) in [6.45, 7) is 4.03. The molecule has 3 rings (SSSR count). The van der Waals surface area contributed by atoms with Gasteiger partial charge in [0.1, 0.15) is 5.69 Å². The summed E-state index contributed by atoms with van der Waals surface area (Å²) in [4.78, 5) is 16.3. The Morgan fingerprint density at radius 3 is 2.35 bits per heavy atom. The molecule has 3 aromatic rings. The van der Waals surface area contributed by atoms with Gasteiger partial charge in [-0.3, -0.25) is 4.79 Å². The molecule has 1 aromatic heterocycles. The topological polar surface area (TPSA) is 54.0 Å². The van der Waals surface area contributed by atoms with Crippen molar-refractivity contribution in [1.82, 2.24) is 4.98 Å². The minimum absolute atomic E-state index is 0.160. The van der Waals surface area contributed by atoms with E-state index < -0.39 is 17.5 Å². The average molecular weight is 353 g/mol. The zero-order valence-corrected chi connectivity index (χ0v) is 14.3. The number of halogens is 2. The van der Waals surface area contributed by atoms with E-state index in [9.17, 15) is 13.6 Å². The lowest BCUT2D eigenvalue weighted by molar-refractivity contribution is 0.102. The van der Waals surface area contributed by atoms with Crippen molar-refractivity contribution in [2.24, 2.45) is 0 Å². The monoisotopic (exact) mass is 353 g/mol. The fourth-order valence-corrected chi connectivity index (χ4v) is 2.48. The van der Waals surface area contributed by atoms with Crippen molar-refractivity contribution < 1.29 is 13.6 Å². The molecular weight excluding hydrogens is 336 g/mol. The molecule has 2 aromatic carbocycles. The van der Waals surface area contributed by atoms with Crippen molar-refractivity contribution in [3.63, 3.8) is 0 Å². The summed E-state index contributed by atoms with van der Waals surface area (Å²) < 4.78 is 26.1. The number of aromatic nitrogens is 1. The summed E-state index contributed by atoms with van der Waals surface area (Å²) in [7, 11) is 0. The number of pyridine rings is 1. The summed E-state index contributed by atoms with van der Waals surface area (Å²) in [5, 5.41) is 5.73. The maximum atomic E-state index is 13.2. The minimum atomic E-state index is -1.02. The fraction of sp³-hybridized carbons (Fsp3) is 0.100. The van der Waals surface area contributed by atoms with E-state index in [0.29, 0.717) is 0 Å². The van der Waals surface area contributed by atoms with Gasteiger partial charge in [-0.05, 0) is 49.7 Å². The zero-order chi connectivity index (χ0) is 18.7. The van der Waals surface area contributed by atoms with Crippen LogP contribution in [0.25, 0.3) is 0 Å². The van der Waals surface area contributed by atoms with Crippen LogP contribution in [0.5, 0.6) is 0 Å². The maximum absolute atomic E-state index is 13.2. The second-order valence-corrected chi connectivity index (χ2v) is 5.96. The fourth-order valence-electron chi connectivity index (χ4n) is 2.48. The number of nitrogens with zero attached hydrogens (tertiary/aromatic N) is 1. The third kappa shape index (κ3) is 4.03. The number of anilines is 3. The standard InChI is InChI=1S/C20H17F2N3O/c1-12-3-7-18(13(2)9-12)24-15-5-8-19(23-11-15)20(26)25-14-4-6-16(21)17(22)10-14/h3-11,24H,1-2H3,(H,25,26). The van der Waals surface area contributed by atoms with Gasteiger partial charge < -0.3 is 10.6 Å². The lowest BCUT2D eigenvalue weighted by Gasteiger charge is -2.10. The summed E-state index contributed by atoms with van der Waals surface area (Å²) >= 11 is 0. The smallest absolute Gasteiger partial charge is 0.274 e. The van der Waals surface area contributed by atoms with Crippen molar-refractivity contribution in [2.45, 2.75) is 13.8 Å². The van der Waals surface area contributed by atoms with E-state index in [0.717, 1.165) is 29.1 Å². The van der Waals surface area contributed by atoms with Crippen LogP contribution in [0.4, 0.5) is 25.8 Å². The largest absolute Gasteiger partial charge is 0.354 e. The normalized spacial score (nSPS) is 10.5. The Kier molecular flexibility index (Phi) is 4.93. The predicted octanol–water partition coefficient (Wildman–Crippen LogP) is 4.97. The second kappa shape index (κ2) is 7.31. The van der Waals surface area contributed by atoms with Crippen molar-refractivity contribution in [3.8, 4) is 0 Å². The predicted molar refractivity (Wildman–Crippen MR) is 97.7 cm³/mol. The van der Waals surface area contributed by atoms with Crippen LogP contribution in [0.2, 0.25) is 0 Å². The highest BCUT2D eigenvalue weighted by Gasteiger charge is 2.10. The van der Waals surface area contributed by atoms with Gasteiger partial charge in [0.25, 0.3) is 5.91 Å². The molecule has 0 spiro atoms. The number of carbonyl (C=O) groups is 1. The van der Waals surface area contributed by atoms with E-state index >= 15 is 0 Å². The lowest BCUT2D eigenvalue weighted by Crippen LogP contribution is -2.13. The van der Waals surface area contributed by atoms with Crippen LogP contribution in [0, 0.1) is 25.5 Å². The van der Waals surface area contributed by atoms with Gasteiger partial charge in [-0.1, -0.05) is 17.7 Å².